The number of nitrogens with zero attached hydrogens (tertiary/aromatic N) is 2. The Morgan fingerprint density at radius 2 is 2.14 bits per heavy atom. The summed E-state index contributed by atoms with van der Waals surface area (Å²) in [6, 6.07) is 1.15. The molecule has 1 saturated heterocycles. The maximum atomic E-state index is 12.6. The Morgan fingerprint density at radius 1 is 1.32 bits per heavy atom. The first-order valence-electron chi connectivity index (χ1n) is 7.95. The van der Waals surface area contributed by atoms with Crippen LogP contribution in [0.25, 0.3) is 0 Å². The Morgan fingerprint density at radius 3 is 2.82 bits per heavy atom. The van der Waals surface area contributed by atoms with Gasteiger partial charge in [0, 0.05) is 31.3 Å². The van der Waals surface area contributed by atoms with E-state index in [-0.39, 0.29) is 5.92 Å². The Balaban J connectivity index is 1.48. The number of H-pyrrole nitrogens is 1. The average Bonchev–Trinajstić information content (AvgIpc) is 3.15. The number of hydrogen-bond donors (Lipinski definition) is 1. The molecule has 1 aromatic rings. The molecule has 4 nitrogen and oxygen atoms in total. The second-order valence-corrected chi connectivity index (χ2v) is 6.36. The van der Waals surface area contributed by atoms with Gasteiger partial charge in [-0.15, -0.1) is 0 Å². The van der Waals surface area contributed by atoms with Crippen LogP contribution in [0.2, 0.25) is 0 Å². The number of halogens is 3. The van der Waals surface area contributed by atoms with Gasteiger partial charge in [0.2, 0.25) is 0 Å². The van der Waals surface area contributed by atoms with E-state index < -0.39 is 11.9 Å². The Labute approximate surface area is 128 Å². The van der Waals surface area contributed by atoms with Gasteiger partial charge in [0.15, 0.2) is 5.69 Å². The number of alkyl halides is 3. The predicted molar refractivity (Wildman–Crippen MR) is 75.5 cm³/mol. The number of likely N-dealkylation sites (tertiary alicyclic amines) is 1. The van der Waals surface area contributed by atoms with Crippen molar-refractivity contribution in [3.05, 3.63) is 17.5 Å². The fourth-order valence-corrected chi connectivity index (χ4v) is 2.93. The molecule has 1 aliphatic heterocycles. The highest BCUT2D eigenvalue weighted by molar-refractivity contribution is 5.16. The highest BCUT2D eigenvalue weighted by Gasteiger charge is 2.35. The smallest absolute Gasteiger partial charge is 0.380 e. The summed E-state index contributed by atoms with van der Waals surface area (Å²) in [5.74, 6) is 0.862. The van der Waals surface area contributed by atoms with E-state index in [4.69, 9.17) is 4.74 Å². The summed E-state index contributed by atoms with van der Waals surface area (Å²) in [6.45, 7) is 4.17. The Kier molecular flexibility index (Phi) is 4.73. The van der Waals surface area contributed by atoms with Crippen LogP contribution >= 0.6 is 0 Å². The molecule has 2 aliphatic rings. The van der Waals surface area contributed by atoms with Crippen LogP contribution in [0, 0.1) is 5.92 Å². The van der Waals surface area contributed by atoms with Crippen molar-refractivity contribution in [3.8, 4) is 0 Å². The van der Waals surface area contributed by atoms with Crippen LogP contribution in [-0.2, 0) is 10.9 Å². The van der Waals surface area contributed by atoms with Crippen molar-refractivity contribution in [1.82, 2.24) is 15.1 Å². The highest BCUT2D eigenvalue weighted by Crippen LogP contribution is 2.32. The molecular formula is C15H22F3N3O. The van der Waals surface area contributed by atoms with E-state index in [9.17, 15) is 13.2 Å². The summed E-state index contributed by atoms with van der Waals surface area (Å²) in [6.07, 6.45) is 0.0899. The molecule has 7 heteroatoms. The fourth-order valence-electron chi connectivity index (χ4n) is 2.93. The molecule has 1 saturated carbocycles. The molecule has 0 radical (unpaired) electrons. The van der Waals surface area contributed by atoms with Crippen LogP contribution < -0.4 is 0 Å². The third-order valence-electron chi connectivity index (χ3n) is 4.44. The van der Waals surface area contributed by atoms with Gasteiger partial charge in [-0.2, -0.15) is 18.3 Å². The Hall–Kier alpha value is -1.08. The van der Waals surface area contributed by atoms with Crippen molar-refractivity contribution in [2.75, 3.05) is 32.8 Å². The van der Waals surface area contributed by atoms with Gasteiger partial charge >= 0.3 is 6.18 Å². The van der Waals surface area contributed by atoms with Gasteiger partial charge < -0.3 is 9.64 Å². The van der Waals surface area contributed by atoms with Crippen molar-refractivity contribution in [3.63, 3.8) is 0 Å². The fraction of sp³-hybridized carbons (Fsp3) is 0.800. The normalized spacial score (nSPS) is 23.9. The predicted octanol–water partition coefficient (Wildman–Crippen LogP) is 3.03. The van der Waals surface area contributed by atoms with E-state index in [1.165, 1.54) is 12.8 Å². The highest BCUT2D eigenvalue weighted by atomic mass is 19.4. The van der Waals surface area contributed by atoms with E-state index in [1.807, 2.05) is 0 Å². The van der Waals surface area contributed by atoms with E-state index in [0.29, 0.717) is 12.3 Å². The summed E-state index contributed by atoms with van der Waals surface area (Å²) in [4.78, 5) is 2.27. The number of piperidine rings is 1. The molecule has 2 fully saturated rings. The zero-order valence-electron chi connectivity index (χ0n) is 12.5. The molecule has 2 heterocycles. The molecular weight excluding hydrogens is 295 g/mol. The molecule has 0 bridgehead atoms. The van der Waals surface area contributed by atoms with Gasteiger partial charge in [0.05, 0.1) is 6.61 Å². The average molecular weight is 317 g/mol. The second-order valence-electron chi connectivity index (χ2n) is 6.36. The van der Waals surface area contributed by atoms with Gasteiger partial charge in [-0.1, -0.05) is 0 Å². The van der Waals surface area contributed by atoms with E-state index in [1.54, 1.807) is 0 Å². The number of aromatic amines is 1. The molecule has 1 aliphatic carbocycles. The minimum absolute atomic E-state index is 0.0979. The largest absolute Gasteiger partial charge is 0.435 e. The maximum absolute atomic E-state index is 12.6. The Bertz CT molecular complexity index is 485. The van der Waals surface area contributed by atoms with Gasteiger partial charge in [-0.05, 0) is 44.2 Å². The number of hydrogen-bond acceptors (Lipinski definition) is 3. The quantitative estimate of drug-likeness (QED) is 0.820. The van der Waals surface area contributed by atoms with Crippen LogP contribution in [0.15, 0.2) is 6.07 Å². The lowest BCUT2D eigenvalue weighted by atomic mass is 9.94. The molecule has 0 unspecified atom stereocenters. The number of ether oxygens (including phenoxy) is 1. The summed E-state index contributed by atoms with van der Waals surface area (Å²) < 4.78 is 43.5. The molecule has 1 atom stereocenters. The topological polar surface area (TPSA) is 41.1 Å². The molecule has 22 heavy (non-hydrogen) atoms. The summed E-state index contributed by atoms with van der Waals surface area (Å²) in [5.41, 5.74) is -0.233. The molecule has 0 amide bonds. The first-order chi connectivity index (χ1) is 10.5. The zero-order chi connectivity index (χ0) is 15.6. The van der Waals surface area contributed by atoms with Crippen molar-refractivity contribution in [2.24, 2.45) is 5.92 Å². The third kappa shape index (κ3) is 4.23. The lowest BCUT2D eigenvalue weighted by molar-refractivity contribution is -0.141. The third-order valence-corrected chi connectivity index (χ3v) is 4.44. The number of rotatable bonds is 6. The van der Waals surface area contributed by atoms with E-state index in [0.717, 1.165) is 51.1 Å². The monoisotopic (exact) mass is 317 g/mol. The molecule has 1 N–H and O–H groups in total. The minimum atomic E-state index is -4.38. The lowest BCUT2D eigenvalue weighted by Crippen LogP contribution is -2.36. The van der Waals surface area contributed by atoms with E-state index in [2.05, 4.69) is 15.1 Å². The summed E-state index contributed by atoms with van der Waals surface area (Å²) in [5, 5.41) is 5.96. The summed E-state index contributed by atoms with van der Waals surface area (Å²) >= 11 is 0. The standard InChI is InChI=1S/C15H22F3N3O/c16-15(17,18)14-8-13(19-20-14)12-2-1-5-21(9-12)6-7-22-10-11-3-4-11/h8,11-12H,1-7,9-10H2,(H,19,20)/t12-/m1/s1. The first kappa shape index (κ1) is 15.8. The van der Waals surface area contributed by atoms with Gasteiger partial charge in [-0.3, -0.25) is 5.10 Å². The number of nitrogens with one attached hydrogen (secondary N) is 1. The van der Waals surface area contributed by atoms with Crippen LogP contribution in [0.4, 0.5) is 13.2 Å². The SMILES string of the molecule is FC(F)(F)c1cc([C@@H]2CCCN(CCOCC3CC3)C2)[nH]n1. The molecule has 124 valence electrons. The van der Waals surface area contributed by atoms with Crippen molar-refractivity contribution in [1.29, 1.82) is 0 Å². The van der Waals surface area contributed by atoms with Gasteiger partial charge in [0.1, 0.15) is 0 Å². The first-order valence-corrected chi connectivity index (χ1v) is 7.95. The molecule has 0 spiro atoms. The van der Waals surface area contributed by atoms with Crippen LogP contribution in [0.3, 0.4) is 0 Å². The maximum Gasteiger partial charge on any atom is 0.435 e. The van der Waals surface area contributed by atoms with Crippen molar-refractivity contribution >= 4 is 0 Å². The van der Waals surface area contributed by atoms with Crippen molar-refractivity contribution in [2.45, 2.75) is 37.8 Å². The van der Waals surface area contributed by atoms with Gasteiger partial charge in [-0.25, -0.2) is 0 Å². The van der Waals surface area contributed by atoms with E-state index >= 15 is 0 Å². The zero-order valence-corrected chi connectivity index (χ0v) is 12.5. The summed E-state index contributed by atoms with van der Waals surface area (Å²) in [7, 11) is 0. The molecule has 0 aromatic carbocycles. The molecule has 1 aromatic heterocycles. The van der Waals surface area contributed by atoms with Crippen molar-refractivity contribution < 1.29 is 17.9 Å². The van der Waals surface area contributed by atoms with Gasteiger partial charge in [0.25, 0.3) is 0 Å². The minimum Gasteiger partial charge on any atom is -0.380 e. The van der Waals surface area contributed by atoms with Crippen LogP contribution in [-0.4, -0.2) is 47.9 Å². The second kappa shape index (κ2) is 6.58. The number of aromatic nitrogens is 2. The molecule has 3 rings (SSSR count). The lowest BCUT2D eigenvalue weighted by Gasteiger charge is -2.32. The van der Waals surface area contributed by atoms with Crippen LogP contribution in [0.1, 0.15) is 43.0 Å². The van der Waals surface area contributed by atoms with Crippen LogP contribution in [0.5, 0.6) is 0 Å².